The Morgan fingerprint density at radius 3 is 2.68 bits per heavy atom. The fourth-order valence-electron chi connectivity index (χ4n) is 1.89. The Balaban J connectivity index is 2.14. The Labute approximate surface area is 135 Å². The van der Waals surface area contributed by atoms with Crippen molar-refractivity contribution in [2.24, 2.45) is 0 Å². The van der Waals surface area contributed by atoms with E-state index in [1.165, 1.54) is 0 Å². The summed E-state index contributed by atoms with van der Waals surface area (Å²) in [7, 11) is 1.64. The Bertz CT molecular complexity index is 572. The van der Waals surface area contributed by atoms with Gasteiger partial charge in [0.15, 0.2) is 0 Å². The molecule has 0 aliphatic rings. The lowest BCUT2D eigenvalue weighted by atomic mass is 10.0. The maximum atomic E-state index is 10.3. The van der Waals surface area contributed by atoms with Gasteiger partial charge in [0, 0.05) is 9.99 Å². The van der Waals surface area contributed by atoms with Gasteiger partial charge in [-0.05, 0) is 73.9 Å². The zero-order valence-corrected chi connectivity index (χ0v) is 14.2. The van der Waals surface area contributed by atoms with Crippen molar-refractivity contribution < 1.29 is 9.84 Å². The van der Waals surface area contributed by atoms with Crippen LogP contribution < -0.4 is 4.74 Å². The molecule has 1 atom stereocenters. The number of ether oxygens (including phenoxy) is 1. The molecule has 19 heavy (non-hydrogen) atoms. The zero-order chi connectivity index (χ0) is 13.8. The van der Waals surface area contributed by atoms with Crippen molar-refractivity contribution in [3.8, 4) is 5.75 Å². The maximum Gasteiger partial charge on any atom is 0.133 e. The third kappa shape index (κ3) is 3.94. The van der Waals surface area contributed by atoms with Crippen molar-refractivity contribution in [1.82, 2.24) is 0 Å². The van der Waals surface area contributed by atoms with Crippen LogP contribution in [0.25, 0.3) is 0 Å². The smallest absolute Gasteiger partial charge is 0.133 e. The van der Waals surface area contributed by atoms with E-state index < -0.39 is 6.10 Å². The molecule has 2 aromatic rings. The summed E-state index contributed by atoms with van der Waals surface area (Å²) in [6.07, 6.45) is 0.0953. The van der Waals surface area contributed by atoms with Crippen LogP contribution in [-0.4, -0.2) is 12.2 Å². The Kier molecular flexibility index (Phi) is 5.24. The van der Waals surface area contributed by atoms with Crippen molar-refractivity contribution in [3.05, 3.63) is 61.6 Å². The molecule has 0 spiro atoms. The Morgan fingerprint density at radius 2 is 2.05 bits per heavy atom. The van der Waals surface area contributed by atoms with Crippen molar-refractivity contribution >= 4 is 38.5 Å². The standard InChI is InChI=1S/C15H14BrIO2/c1-19-15-6-5-10(7-13(15)16)8-14(18)11-3-2-4-12(17)9-11/h2-7,9,14,18H,8H2,1H3. The van der Waals surface area contributed by atoms with Crippen molar-refractivity contribution in [2.75, 3.05) is 7.11 Å². The lowest BCUT2D eigenvalue weighted by Gasteiger charge is -2.12. The second-order valence-electron chi connectivity index (χ2n) is 4.24. The van der Waals surface area contributed by atoms with E-state index in [-0.39, 0.29) is 0 Å². The molecule has 0 aliphatic carbocycles. The largest absolute Gasteiger partial charge is 0.496 e. The van der Waals surface area contributed by atoms with Crippen LogP contribution in [0.5, 0.6) is 5.75 Å². The van der Waals surface area contributed by atoms with E-state index in [1.54, 1.807) is 7.11 Å². The molecule has 0 amide bonds. The highest BCUT2D eigenvalue weighted by Gasteiger charge is 2.10. The summed E-state index contributed by atoms with van der Waals surface area (Å²) in [6, 6.07) is 13.8. The van der Waals surface area contributed by atoms with E-state index in [9.17, 15) is 5.11 Å². The molecule has 0 bridgehead atoms. The lowest BCUT2D eigenvalue weighted by Crippen LogP contribution is -2.02. The van der Waals surface area contributed by atoms with Crippen LogP contribution in [0.1, 0.15) is 17.2 Å². The van der Waals surface area contributed by atoms with Crippen LogP contribution in [0.4, 0.5) is 0 Å². The Morgan fingerprint density at radius 1 is 1.26 bits per heavy atom. The molecular formula is C15H14BrIO2. The number of hydrogen-bond donors (Lipinski definition) is 1. The molecule has 0 fully saturated rings. The molecule has 1 N–H and O–H groups in total. The van der Waals surface area contributed by atoms with Crippen molar-refractivity contribution in [2.45, 2.75) is 12.5 Å². The summed E-state index contributed by atoms with van der Waals surface area (Å²) >= 11 is 5.71. The first-order valence-corrected chi connectivity index (χ1v) is 7.73. The van der Waals surface area contributed by atoms with Gasteiger partial charge in [-0.25, -0.2) is 0 Å². The van der Waals surface area contributed by atoms with Gasteiger partial charge in [-0.15, -0.1) is 0 Å². The fourth-order valence-corrected chi connectivity index (χ4v) is 3.05. The van der Waals surface area contributed by atoms with Crippen LogP contribution >= 0.6 is 38.5 Å². The van der Waals surface area contributed by atoms with E-state index in [1.807, 2.05) is 42.5 Å². The van der Waals surface area contributed by atoms with E-state index in [0.29, 0.717) is 6.42 Å². The van der Waals surface area contributed by atoms with Gasteiger partial charge in [-0.1, -0.05) is 18.2 Å². The van der Waals surface area contributed by atoms with Gasteiger partial charge < -0.3 is 9.84 Å². The SMILES string of the molecule is COc1ccc(CC(O)c2cccc(I)c2)cc1Br. The highest BCUT2D eigenvalue weighted by molar-refractivity contribution is 14.1. The van der Waals surface area contributed by atoms with Gasteiger partial charge in [0.25, 0.3) is 0 Å². The van der Waals surface area contributed by atoms with Crippen LogP contribution in [0.15, 0.2) is 46.9 Å². The van der Waals surface area contributed by atoms with E-state index in [2.05, 4.69) is 38.5 Å². The summed E-state index contributed by atoms with van der Waals surface area (Å²) in [5, 5.41) is 10.3. The summed E-state index contributed by atoms with van der Waals surface area (Å²) in [4.78, 5) is 0. The summed E-state index contributed by atoms with van der Waals surface area (Å²) in [5.41, 5.74) is 2.01. The van der Waals surface area contributed by atoms with Gasteiger partial charge in [-0.2, -0.15) is 0 Å². The van der Waals surface area contributed by atoms with E-state index >= 15 is 0 Å². The number of aliphatic hydroxyl groups is 1. The number of methoxy groups -OCH3 is 1. The second kappa shape index (κ2) is 6.72. The van der Waals surface area contributed by atoms with Crippen LogP contribution in [0.3, 0.4) is 0 Å². The van der Waals surface area contributed by atoms with E-state index in [4.69, 9.17) is 4.74 Å². The molecule has 0 aromatic heterocycles. The third-order valence-electron chi connectivity index (χ3n) is 2.88. The second-order valence-corrected chi connectivity index (χ2v) is 6.34. The van der Waals surface area contributed by atoms with E-state index in [0.717, 1.165) is 24.9 Å². The molecule has 4 heteroatoms. The Hall–Kier alpha value is -0.590. The van der Waals surface area contributed by atoms with Crippen LogP contribution in [0, 0.1) is 3.57 Å². The van der Waals surface area contributed by atoms with Gasteiger partial charge in [0.2, 0.25) is 0 Å². The maximum absolute atomic E-state index is 10.3. The third-order valence-corrected chi connectivity index (χ3v) is 4.17. The molecule has 0 radical (unpaired) electrons. The highest BCUT2D eigenvalue weighted by Crippen LogP contribution is 2.28. The molecule has 2 rings (SSSR count). The lowest BCUT2D eigenvalue weighted by molar-refractivity contribution is 0.178. The summed E-state index contributed by atoms with van der Waals surface area (Å²) in [5.74, 6) is 0.799. The molecule has 2 nitrogen and oxygen atoms in total. The predicted molar refractivity (Wildman–Crippen MR) is 88.5 cm³/mol. The topological polar surface area (TPSA) is 29.5 Å². The van der Waals surface area contributed by atoms with Gasteiger partial charge >= 0.3 is 0 Å². The van der Waals surface area contributed by atoms with Gasteiger partial charge in [-0.3, -0.25) is 0 Å². The molecule has 2 aromatic carbocycles. The normalized spacial score (nSPS) is 12.2. The first-order valence-electron chi connectivity index (χ1n) is 5.86. The molecule has 0 aliphatic heterocycles. The number of rotatable bonds is 4. The molecular weight excluding hydrogens is 419 g/mol. The zero-order valence-electron chi connectivity index (χ0n) is 10.4. The number of aliphatic hydroxyl groups excluding tert-OH is 1. The average molecular weight is 433 g/mol. The monoisotopic (exact) mass is 432 g/mol. The average Bonchev–Trinajstić information content (AvgIpc) is 2.39. The fraction of sp³-hybridized carbons (Fsp3) is 0.200. The predicted octanol–water partition coefficient (Wildman–Crippen LogP) is 4.34. The number of hydrogen-bond acceptors (Lipinski definition) is 2. The van der Waals surface area contributed by atoms with Crippen molar-refractivity contribution in [1.29, 1.82) is 0 Å². The van der Waals surface area contributed by atoms with Crippen molar-refractivity contribution in [3.63, 3.8) is 0 Å². The molecule has 1 unspecified atom stereocenters. The molecule has 0 saturated carbocycles. The summed E-state index contributed by atoms with van der Waals surface area (Å²) in [6.45, 7) is 0. The quantitative estimate of drug-likeness (QED) is 0.728. The highest BCUT2D eigenvalue weighted by atomic mass is 127. The summed E-state index contributed by atoms with van der Waals surface area (Å²) < 4.78 is 7.23. The molecule has 100 valence electrons. The number of halogens is 2. The molecule has 0 heterocycles. The first kappa shape index (κ1) is 14.8. The minimum absolute atomic E-state index is 0.491. The van der Waals surface area contributed by atoms with Crippen LogP contribution in [-0.2, 0) is 6.42 Å². The first-order chi connectivity index (χ1) is 9.10. The van der Waals surface area contributed by atoms with Gasteiger partial charge in [0.05, 0.1) is 17.7 Å². The minimum atomic E-state index is -0.491. The minimum Gasteiger partial charge on any atom is -0.496 e. The van der Waals surface area contributed by atoms with Gasteiger partial charge in [0.1, 0.15) is 5.75 Å². The van der Waals surface area contributed by atoms with Crippen LogP contribution in [0.2, 0.25) is 0 Å². The number of benzene rings is 2. The molecule has 0 saturated heterocycles.